The molecule has 0 radical (unpaired) electrons. The number of hydrogen-bond acceptors (Lipinski definition) is 1. The van der Waals surface area contributed by atoms with Gasteiger partial charge in [0, 0.05) is 11.9 Å². The minimum absolute atomic E-state index is 0.399. The van der Waals surface area contributed by atoms with Crippen molar-refractivity contribution < 1.29 is 0 Å². The van der Waals surface area contributed by atoms with Crippen LogP contribution in [0.3, 0.4) is 0 Å². The molecule has 1 nitrogen and oxygen atoms in total. The van der Waals surface area contributed by atoms with Gasteiger partial charge in [-0.1, -0.05) is 40.7 Å². The number of nitrogens with zero attached hydrogens (tertiary/aromatic N) is 1. The van der Waals surface area contributed by atoms with Crippen LogP contribution in [0.25, 0.3) is 0 Å². The minimum atomic E-state index is 0.399. The van der Waals surface area contributed by atoms with Crippen molar-refractivity contribution in [2.75, 3.05) is 0 Å². The lowest BCUT2D eigenvalue weighted by Gasteiger charge is -2.32. The smallest absolute Gasteiger partial charge is 0.0403 e. The van der Waals surface area contributed by atoms with Crippen molar-refractivity contribution in [3.8, 4) is 0 Å². The Morgan fingerprint density at radius 3 is 2.25 bits per heavy atom. The second kappa shape index (κ2) is 4.99. The van der Waals surface area contributed by atoms with Gasteiger partial charge in [0.05, 0.1) is 0 Å². The Hall–Kier alpha value is -0.850. The van der Waals surface area contributed by atoms with E-state index in [1.165, 1.54) is 18.5 Å². The maximum absolute atomic E-state index is 4.38. The summed E-state index contributed by atoms with van der Waals surface area (Å²) in [5, 5.41) is 0. The first-order valence-electron chi connectivity index (χ1n) is 6.18. The highest BCUT2D eigenvalue weighted by atomic mass is 14.7. The topological polar surface area (TPSA) is 12.9 Å². The van der Waals surface area contributed by atoms with Gasteiger partial charge < -0.3 is 0 Å². The molecular formula is C15H25N. The predicted octanol–water partition coefficient (Wildman–Crippen LogP) is 4.48. The van der Waals surface area contributed by atoms with E-state index in [2.05, 4.69) is 51.7 Å². The lowest BCUT2D eigenvalue weighted by atomic mass is 9.74. The van der Waals surface area contributed by atoms with Crippen molar-refractivity contribution in [2.24, 2.45) is 10.8 Å². The zero-order chi connectivity index (χ0) is 12.2. The Balaban J connectivity index is 2.48. The molecule has 0 spiro atoms. The van der Waals surface area contributed by atoms with Gasteiger partial charge in [-0.25, -0.2) is 0 Å². The Kier molecular flexibility index (Phi) is 4.12. The van der Waals surface area contributed by atoms with Gasteiger partial charge in [0.2, 0.25) is 0 Å². The molecule has 0 unspecified atom stereocenters. The molecule has 0 aromatic carbocycles. The summed E-state index contributed by atoms with van der Waals surface area (Å²) in [4.78, 5) is 4.38. The highest BCUT2D eigenvalue weighted by molar-refractivity contribution is 5.03. The molecule has 0 aliphatic rings. The maximum atomic E-state index is 4.38. The number of hydrogen-bond donors (Lipinski definition) is 0. The van der Waals surface area contributed by atoms with Crippen LogP contribution in [-0.2, 0) is 6.42 Å². The minimum Gasteiger partial charge on any atom is -0.261 e. The van der Waals surface area contributed by atoms with E-state index in [9.17, 15) is 0 Å². The van der Waals surface area contributed by atoms with Crippen molar-refractivity contribution in [1.82, 2.24) is 4.98 Å². The quantitative estimate of drug-likeness (QED) is 0.727. The molecule has 0 N–H and O–H groups in total. The van der Waals surface area contributed by atoms with Gasteiger partial charge in [-0.2, -0.15) is 0 Å². The molecule has 0 amide bonds. The Morgan fingerprint density at radius 2 is 1.75 bits per heavy atom. The van der Waals surface area contributed by atoms with E-state index in [0.717, 1.165) is 6.42 Å². The molecule has 0 aliphatic heterocycles. The third kappa shape index (κ3) is 5.29. The Morgan fingerprint density at radius 1 is 1.06 bits per heavy atom. The summed E-state index contributed by atoms with van der Waals surface area (Å²) < 4.78 is 0. The van der Waals surface area contributed by atoms with Crippen LogP contribution in [0.15, 0.2) is 24.4 Å². The largest absolute Gasteiger partial charge is 0.261 e. The monoisotopic (exact) mass is 219 g/mol. The fourth-order valence-corrected chi connectivity index (χ4v) is 2.54. The van der Waals surface area contributed by atoms with Crippen LogP contribution >= 0.6 is 0 Å². The molecule has 0 aliphatic carbocycles. The fraction of sp³-hybridized carbons (Fsp3) is 0.667. The van der Waals surface area contributed by atoms with Crippen LogP contribution in [0, 0.1) is 10.8 Å². The molecule has 16 heavy (non-hydrogen) atoms. The first-order chi connectivity index (χ1) is 7.29. The van der Waals surface area contributed by atoms with Crippen molar-refractivity contribution in [3.63, 3.8) is 0 Å². The Bertz CT molecular complexity index is 306. The second-order valence-electron chi connectivity index (χ2n) is 6.72. The third-order valence-electron chi connectivity index (χ3n) is 2.79. The van der Waals surface area contributed by atoms with Crippen molar-refractivity contribution in [1.29, 1.82) is 0 Å². The van der Waals surface area contributed by atoms with E-state index in [1.54, 1.807) is 0 Å². The van der Waals surface area contributed by atoms with E-state index in [0.29, 0.717) is 10.8 Å². The van der Waals surface area contributed by atoms with Crippen LogP contribution in [0.2, 0.25) is 0 Å². The molecule has 1 rings (SSSR count). The summed E-state index contributed by atoms with van der Waals surface area (Å²) in [6.07, 6.45) is 5.43. The molecular weight excluding hydrogens is 194 g/mol. The van der Waals surface area contributed by atoms with Crippen LogP contribution < -0.4 is 0 Å². The normalized spacial score (nSPS) is 12.8. The molecule has 0 saturated carbocycles. The summed E-state index contributed by atoms with van der Waals surface area (Å²) in [7, 11) is 0. The van der Waals surface area contributed by atoms with Crippen molar-refractivity contribution in [2.45, 2.75) is 53.9 Å². The van der Waals surface area contributed by atoms with E-state index in [4.69, 9.17) is 0 Å². The number of pyridine rings is 1. The first-order valence-corrected chi connectivity index (χ1v) is 6.18. The molecule has 1 aromatic rings. The van der Waals surface area contributed by atoms with Crippen LogP contribution in [0.5, 0.6) is 0 Å². The van der Waals surface area contributed by atoms with Crippen LogP contribution in [0.1, 0.15) is 53.2 Å². The van der Waals surface area contributed by atoms with Gasteiger partial charge in [-0.15, -0.1) is 0 Å². The highest BCUT2D eigenvalue weighted by Gasteiger charge is 2.25. The predicted molar refractivity (Wildman–Crippen MR) is 70.4 cm³/mol. The summed E-state index contributed by atoms with van der Waals surface area (Å²) in [6, 6.07) is 6.16. The number of aryl methyl sites for hydroxylation is 1. The average Bonchev–Trinajstić information content (AvgIpc) is 2.13. The molecule has 0 atom stereocenters. The first kappa shape index (κ1) is 13.2. The van der Waals surface area contributed by atoms with Gasteiger partial charge in [0.15, 0.2) is 0 Å². The van der Waals surface area contributed by atoms with Gasteiger partial charge in [-0.3, -0.25) is 4.98 Å². The van der Waals surface area contributed by atoms with Crippen molar-refractivity contribution >= 4 is 0 Å². The SMILES string of the molecule is CC(C)(C)CC(C)(C)CCc1ccccn1. The third-order valence-corrected chi connectivity index (χ3v) is 2.79. The van der Waals surface area contributed by atoms with E-state index in [1.807, 2.05) is 12.3 Å². The number of aromatic nitrogens is 1. The van der Waals surface area contributed by atoms with E-state index < -0.39 is 0 Å². The van der Waals surface area contributed by atoms with Gasteiger partial charge >= 0.3 is 0 Å². The molecule has 0 bridgehead atoms. The highest BCUT2D eigenvalue weighted by Crippen LogP contribution is 2.36. The lowest BCUT2D eigenvalue weighted by Crippen LogP contribution is -2.21. The van der Waals surface area contributed by atoms with E-state index in [-0.39, 0.29) is 0 Å². The summed E-state index contributed by atoms with van der Waals surface area (Å²) in [5.41, 5.74) is 2.02. The zero-order valence-electron chi connectivity index (χ0n) is 11.4. The molecule has 0 fully saturated rings. The molecule has 90 valence electrons. The molecule has 1 heteroatoms. The van der Waals surface area contributed by atoms with Gasteiger partial charge in [0.25, 0.3) is 0 Å². The van der Waals surface area contributed by atoms with Crippen molar-refractivity contribution in [3.05, 3.63) is 30.1 Å². The average molecular weight is 219 g/mol. The zero-order valence-corrected chi connectivity index (χ0v) is 11.4. The summed E-state index contributed by atoms with van der Waals surface area (Å²) >= 11 is 0. The summed E-state index contributed by atoms with van der Waals surface area (Å²) in [5.74, 6) is 0. The fourth-order valence-electron chi connectivity index (χ4n) is 2.54. The van der Waals surface area contributed by atoms with Crippen LogP contribution in [0.4, 0.5) is 0 Å². The molecule has 0 saturated heterocycles. The number of rotatable bonds is 4. The second-order valence-corrected chi connectivity index (χ2v) is 6.72. The van der Waals surface area contributed by atoms with Crippen LogP contribution in [-0.4, -0.2) is 4.98 Å². The maximum Gasteiger partial charge on any atom is 0.0403 e. The van der Waals surface area contributed by atoms with Gasteiger partial charge in [0.1, 0.15) is 0 Å². The molecule has 1 aromatic heterocycles. The summed E-state index contributed by atoms with van der Waals surface area (Å²) in [6.45, 7) is 11.7. The van der Waals surface area contributed by atoms with Gasteiger partial charge in [-0.05, 0) is 42.2 Å². The van der Waals surface area contributed by atoms with E-state index >= 15 is 0 Å². The Labute approximate surface area is 100 Å². The lowest BCUT2D eigenvalue weighted by molar-refractivity contribution is 0.199. The standard InChI is InChI=1S/C15H25N/c1-14(2,3)12-15(4,5)10-9-13-8-6-7-11-16-13/h6-8,11H,9-10,12H2,1-5H3. The molecule has 1 heterocycles.